The Morgan fingerprint density at radius 3 is 2.73 bits per heavy atom. The van der Waals surface area contributed by atoms with Crippen molar-refractivity contribution in [3.8, 4) is 28.5 Å². The molecule has 190 valence electrons. The highest BCUT2D eigenvalue weighted by molar-refractivity contribution is 6.31. The van der Waals surface area contributed by atoms with Crippen LogP contribution in [0.2, 0.25) is 5.02 Å². The summed E-state index contributed by atoms with van der Waals surface area (Å²) in [6, 6.07) is 13.7. The molecule has 1 atom stereocenters. The van der Waals surface area contributed by atoms with Crippen LogP contribution in [0.25, 0.3) is 11.3 Å². The highest BCUT2D eigenvalue weighted by Crippen LogP contribution is 2.46. The predicted octanol–water partition coefficient (Wildman–Crippen LogP) is 5.62. The van der Waals surface area contributed by atoms with Crippen molar-refractivity contribution >= 4 is 17.5 Å². The summed E-state index contributed by atoms with van der Waals surface area (Å²) >= 11 is 6.25. The zero-order valence-corrected chi connectivity index (χ0v) is 21.5. The van der Waals surface area contributed by atoms with Crippen LogP contribution in [0.15, 0.2) is 60.9 Å². The van der Waals surface area contributed by atoms with E-state index in [2.05, 4.69) is 29.0 Å². The molecule has 4 aromatic rings. The minimum atomic E-state index is -0.511. The Morgan fingerprint density at radius 1 is 1.16 bits per heavy atom. The van der Waals surface area contributed by atoms with Gasteiger partial charge in [0.25, 0.3) is 5.91 Å². The zero-order chi connectivity index (χ0) is 26.1. The number of aromatic nitrogens is 3. The quantitative estimate of drug-likeness (QED) is 0.314. The van der Waals surface area contributed by atoms with Crippen LogP contribution in [0.5, 0.6) is 17.2 Å². The summed E-state index contributed by atoms with van der Waals surface area (Å²) in [5, 5.41) is 18.4. The molecular formula is C28H27ClN4O4. The van der Waals surface area contributed by atoms with E-state index in [0.29, 0.717) is 58.1 Å². The van der Waals surface area contributed by atoms with Crippen LogP contribution in [-0.2, 0) is 6.54 Å². The molecule has 1 amide bonds. The average Bonchev–Trinajstić information content (AvgIpc) is 3.43. The van der Waals surface area contributed by atoms with Crippen molar-refractivity contribution < 1.29 is 19.4 Å². The van der Waals surface area contributed by atoms with E-state index in [9.17, 15) is 9.90 Å². The van der Waals surface area contributed by atoms with Gasteiger partial charge in [-0.05, 0) is 53.4 Å². The number of nitrogens with one attached hydrogen (secondary N) is 1. The second-order valence-electron chi connectivity index (χ2n) is 9.33. The number of amides is 1. The molecule has 9 heteroatoms. The van der Waals surface area contributed by atoms with Crippen LogP contribution in [0.4, 0.5) is 0 Å². The first-order valence-corrected chi connectivity index (χ1v) is 12.3. The van der Waals surface area contributed by atoms with Gasteiger partial charge in [-0.25, -0.2) is 0 Å². The Kier molecular flexibility index (Phi) is 6.76. The summed E-state index contributed by atoms with van der Waals surface area (Å²) in [5.41, 5.74) is 3.62. The van der Waals surface area contributed by atoms with E-state index in [1.807, 2.05) is 30.3 Å². The van der Waals surface area contributed by atoms with E-state index in [1.165, 1.54) is 6.07 Å². The lowest BCUT2D eigenvalue weighted by molar-refractivity contribution is 0.0729. The summed E-state index contributed by atoms with van der Waals surface area (Å²) < 4.78 is 11.6. The Bertz CT molecular complexity index is 1440. The Labute approximate surface area is 219 Å². The van der Waals surface area contributed by atoms with E-state index >= 15 is 0 Å². The number of phenols is 1. The van der Waals surface area contributed by atoms with Crippen LogP contribution in [-0.4, -0.2) is 44.8 Å². The topological polar surface area (TPSA) is 101 Å². The number of pyridine rings is 1. The first-order valence-electron chi connectivity index (χ1n) is 11.9. The van der Waals surface area contributed by atoms with E-state index in [0.717, 1.165) is 11.1 Å². The van der Waals surface area contributed by atoms with Gasteiger partial charge in [-0.3, -0.25) is 14.9 Å². The fourth-order valence-corrected chi connectivity index (χ4v) is 4.70. The second kappa shape index (κ2) is 10.1. The summed E-state index contributed by atoms with van der Waals surface area (Å²) in [7, 11) is 1.59. The van der Waals surface area contributed by atoms with Crippen molar-refractivity contribution in [1.82, 2.24) is 20.1 Å². The minimum Gasteiger partial charge on any atom is -0.507 e. The Morgan fingerprint density at radius 2 is 2.00 bits per heavy atom. The third kappa shape index (κ3) is 4.72. The van der Waals surface area contributed by atoms with Gasteiger partial charge < -0.3 is 19.5 Å². The van der Waals surface area contributed by atoms with Gasteiger partial charge in [0.1, 0.15) is 17.1 Å². The normalized spacial score (nSPS) is 14.8. The van der Waals surface area contributed by atoms with Crippen LogP contribution >= 0.6 is 11.6 Å². The average molecular weight is 519 g/mol. The number of aromatic amines is 1. The van der Waals surface area contributed by atoms with Crippen LogP contribution < -0.4 is 9.47 Å². The minimum absolute atomic E-state index is 0.0191. The number of ether oxygens (including phenoxy) is 2. The van der Waals surface area contributed by atoms with Crippen molar-refractivity contribution in [1.29, 1.82) is 0 Å². The predicted molar refractivity (Wildman–Crippen MR) is 140 cm³/mol. The molecule has 3 heterocycles. The standard InChI is InChI=1S/C28H27ClN4O4/c1-16(2)15-37-22-9-6-18(11-23(22)36-3)27-24-25(20-12-19(29)7-8-21(20)34)31-32-26(24)28(35)33(27)14-17-5-4-10-30-13-17/h4-13,16,27,34H,14-15H2,1-3H3,(H,31,32). The Hall–Kier alpha value is -4.04. The lowest BCUT2D eigenvalue weighted by Crippen LogP contribution is -2.29. The number of halogens is 1. The maximum absolute atomic E-state index is 13.7. The van der Waals surface area contributed by atoms with Crippen LogP contribution in [0.3, 0.4) is 0 Å². The molecule has 1 aliphatic heterocycles. The van der Waals surface area contributed by atoms with Gasteiger partial charge in [0.15, 0.2) is 11.5 Å². The molecular weight excluding hydrogens is 492 g/mol. The number of aromatic hydroxyl groups is 1. The van der Waals surface area contributed by atoms with E-state index < -0.39 is 6.04 Å². The largest absolute Gasteiger partial charge is 0.507 e. The molecule has 0 saturated carbocycles. The van der Waals surface area contributed by atoms with Gasteiger partial charge in [-0.1, -0.05) is 37.6 Å². The Balaban J connectivity index is 1.64. The number of carbonyl (C=O) groups is 1. The molecule has 1 unspecified atom stereocenters. The van der Waals surface area contributed by atoms with Gasteiger partial charge in [0, 0.05) is 35.1 Å². The molecule has 2 aromatic carbocycles. The number of hydrogen-bond donors (Lipinski definition) is 2. The first-order chi connectivity index (χ1) is 17.9. The molecule has 0 radical (unpaired) electrons. The van der Waals surface area contributed by atoms with E-state index in [1.54, 1.807) is 36.5 Å². The van der Waals surface area contributed by atoms with Gasteiger partial charge in [0.05, 0.1) is 19.8 Å². The lowest BCUT2D eigenvalue weighted by atomic mass is 9.95. The van der Waals surface area contributed by atoms with Crippen LogP contribution in [0.1, 0.15) is 47.1 Å². The molecule has 37 heavy (non-hydrogen) atoms. The number of carbonyl (C=O) groups excluding carboxylic acids is 1. The molecule has 5 rings (SSSR count). The number of methoxy groups -OCH3 is 1. The van der Waals surface area contributed by atoms with Gasteiger partial charge in [-0.15, -0.1) is 0 Å². The summed E-state index contributed by atoms with van der Waals surface area (Å²) in [6.07, 6.45) is 3.43. The van der Waals surface area contributed by atoms with Crippen molar-refractivity contribution in [2.45, 2.75) is 26.4 Å². The van der Waals surface area contributed by atoms with Crippen molar-refractivity contribution in [3.63, 3.8) is 0 Å². The molecule has 2 N–H and O–H groups in total. The number of benzene rings is 2. The number of nitrogens with zero attached hydrogens (tertiary/aromatic N) is 3. The number of fused-ring (bicyclic) bond motifs is 1. The van der Waals surface area contributed by atoms with Crippen molar-refractivity contribution in [3.05, 3.63) is 88.3 Å². The van der Waals surface area contributed by atoms with Crippen molar-refractivity contribution in [2.75, 3.05) is 13.7 Å². The summed E-state index contributed by atoms with van der Waals surface area (Å²) in [6.45, 7) is 5.03. The van der Waals surface area contributed by atoms with Crippen molar-refractivity contribution in [2.24, 2.45) is 5.92 Å². The number of H-pyrrole nitrogens is 1. The third-order valence-corrected chi connectivity index (χ3v) is 6.46. The molecule has 0 saturated heterocycles. The fourth-order valence-electron chi connectivity index (χ4n) is 4.53. The second-order valence-corrected chi connectivity index (χ2v) is 9.77. The smallest absolute Gasteiger partial charge is 0.273 e. The number of rotatable bonds is 8. The fraction of sp³-hybridized carbons (Fsp3) is 0.250. The molecule has 1 aliphatic rings. The highest BCUT2D eigenvalue weighted by atomic mass is 35.5. The number of hydrogen-bond acceptors (Lipinski definition) is 6. The third-order valence-electron chi connectivity index (χ3n) is 6.23. The number of phenolic OH excluding ortho intramolecular Hbond substituents is 1. The highest BCUT2D eigenvalue weighted by Gasteiger charge is 2.43. The van der Waals surface area contributed by atoms with Gasteiger partial charge in [-0.2, -0.15) is 5.10 Å². The van der Waals surface area contributed by atoms with Gasteiger partial charge in [0.2, 0.25) is 0 Å². The maximum Gasteiger partial charge on any atom is 0.273 e. The lowest BCUT2D eigenvalue weighted by Gasteiger charge is -2.27. The van der Waals surface area contributed by atoms with Crippen LogP contribution in [0, 0.1) is 5.92 Å². The first kappa shape index (κ1) is 24.6. The molecule has 2 aromatic heterocycles. The summed E-state index contributed by atoms with van der Waals surface area (Å²) in [4.78, 5) is 19.6. The SMILES string of the molecule is COc1cc(C2c3c(-c4cc(Cl)ccc4O)n[nH]c3C(=O)N2Cc2cccnc2)ccc1OCC(C)C. The molecule has 0 fully saturated rings. The monoisotopic (exact) mass is 518 g/mol. The van der Waals surface area contributed by atoms with E-state index in [-0.39, 0.29) is 11.7 Å². The molecule has 0 spiro atoms. The summed E-state index contributed by atoms with van der Waals surface area (Å²) in [5.74, 6) is 1.36. The maximum atomic E-state index is 13.7. The van der Waals surface area contributed by atoms with E-state index in [4.69, 9.17) is 21.1 Å². The molecule has 0 aliphatic carbocycles. The molecule has 0 bridgehead atoms. The van der Waals surface area contributed by atoms with Gasteiger partial charge >= 0.3 is 0 Å². The zero-order valence-electron chi connectivity index (χ0n) is 20.7. The molecule has 8 nitrogen and oxygen atoms in total.